The number of hydrogen-bond acceptors (Lipinski definition) is 2. The van der Waals surface area contributed by atoms with Gasteiger partial charge in [0, 0.05) is 12.0 Å². The van der Waals surface area contributed by atoms with Gasteiger partial charge in [-0.3, -0.25) is 0 Å². The van der Waals surface area contributed by atoms with E-state index in [-0.39, 0.29) is 4.90 Å². The largest absolute Gasteiger partial charge is 0.241 e. The highest BCUT2D eigenvalue weighted by Gasteiger charge is 2.14. The number of benzene rings is 1. The summed E-state index contributed by atoms with van der Waals surface area (Å²) < 4.78 is 25.8. The van der Waals surface area contributed by atoms with Crippen LogP contribution in [0.3, 0.4) is 0 Å². The SMILES string of the molecule is CCCCC#Cc1ccccc1S(=O)(=O)NC. The Morgan fingerprint density at radius 2 is 2.00 bits per heavy atom. The maximum absolute atomic E-state index is 11.7. The van der Waals surface area contributed by atoms with Gasteiger partial charge in [0.1, 0.15) is 0 Å². The van der Waals surface area contributed by atoms with E-state index in [1.807, 2.05) is 0 Å². The summed E-state index contributed by atoms with van der Waals surface area (Å²) in [6.45, 7) is 2.10. The summed E-state index contributed by atoms with van der Waals surface area (Å²) >= 11 is 0. The van der Waals surface area contributed by atoms with E-state index < -0.39 is 10.0 Å². The van der Waals surface area contributed by atoms with E-state index in [0.29, 0.717) is 5.56 Å². The Labute approximate surface area is 103 Å². The van der Waals surface area contributed by atoms with Gasteiger partial charge in [-0.15, -0.1) is 0 Å². The number of sulfonamides is 1. The van der Waals surface area contributed by atoms with Crippen molar-refractivity contribution >= 4 is 10.0 Å². The Hall–Kier alpha value is -1.31. The second-order valence-electron chi connectivity index (χ2n) is 3.61. The number of hydrogen-bond donors (Lipinski definition) is 1. The van der Waals surface area contributed by atoms with Gasteiger partial charge in [0.05, 0.1) is 4.90 Å². The molecule has 0 spiro atoms. The summed E-state index contributed by atoms with van der Waals surface area (Å²) in [5.41, 5.74) is 0.554. The van der Waals surface area contributed by atoms with Gasteiger partial charge in [0.2, 0.25) is 10.0 Å². The highest BCUT2D eigenvalue weighted by molar-refractivity contribution is 7.89. The molecule has 0 saturated carbocycles. The Kier molecular flexibility index (Phi) is 5.20. The van der Waals surface area contributed by atoms with E-state index in [1.165, 1.54) is 7.05 Å². The zero-order chi connectivity index (χ0) is 12.7. The van der Waals surface area contributed by atoms with Crippen molar-refractivity contribution in [1.29, 1.82) is 0 Å². The molecule has 0 amide bonds. The first-order valence-electron chi connectivity index (χ1n) is 5.63. The third kappa shape index (κ3) is 3.88. The molecule has 0 fully saturated rings. The molecule has 0 atom stereocenters. The van der Waals surface area contributed by atoms with Crippen LogP contribution in [0.4, 0.5) is 0 Å². The average molecular weight is 251 g/mol. The minimum Gasteiger partial charge on any atom is -0.214 e. The molecule has 0 radical (unpaired) electrons. The summed E-state index contributed by atoms with van der Waals surface area (Å²) in [6, 6.07) is 6.78. The molecule has 17 heavy (non-hydrogen) atoms. The van der Waals surface area contributed by atoms with Crippen molar-refractivity contribution < 1.29 is 8.42 Å². The van der Waals surface area contributed by atoms with Crippen LogP contribution in [0.1, 0.15) is 31.7 Å². The predicted molar refractivity (Wildman–Crippen MR) is 69.1 cm³/mol. The van der Waals surface area contributed by atoms with E-state index in [9.17, 15) is 8.42 Å². The van der Waals surface area contributed by atoms with Crippen LogP contribution in [0.25, 0.3) is 0 Å². The van der Waals surface area contributed by atoms with Crippen LogP contribution in [0.2, 0.25) is 0 Å². The molecule has 0 saturated heterocycles. The summed E-state index contributed by atoms with van der Waals surface area (Å²) in [6.07, 6.45) is 2.92. The lowest BCUT2D eigenvalue weighted by Gasteiger charge is -2.04. The summed E-state index contributed by atoms with van der Waals surface area (Å²) in [5.74, 6) is 5.92. The Morgan fingerprint density at radius 1 is 1.29 bits per heavy atom. The van der Waals surface area contributed by atoms with E-state index in [2.05, 4.69) is 23.5 Å². The van der Waals surface area contributed by atoms with Crippen molar-refractivity contribution in [2.45, 2.75) is 31.1 Å². The van der Waals surface area contributed by atoms with E-state index in [1.54, 1.807) is 24.3 Å². The molecular formula is C13H17NO2S. The molecule has 1 N–H and O–H groups in total. The molecule has 0 heterocycles. The molecule has 0 aromatic heterocycles. The zero-order valence-electron chi connectivity index (χ0n) is 10.2. The first-order valence-corrected chi connectivity index (χ1v) is 7.11. The summed E-state index contributed by atoms with van der Waals surface area (Å²) in [5, 5.41) is 0. The van der Waals surface area contributed by atoms with Crippen LogP contribution in [0.5, 0.6) is 0 Å². The molecular weight excluding hydrogens is 234 g/mol. The lowest BCUT2D eigenvalue weighted by Crippen LogP contribution is -2.19. The molecule has 1 aromatic rings. The van der Waals surface area contributed by atoms with Gasteiger partial charge in [-0.05, 0) is 25.6 Å². The molecule has 0 unspecified atom stereocenters. The first-order chi connectivity index (χ1) is 8.11. The van der Waals surface area contributed by atoms with Gasteiger partial charge in [-0.25, -0.2) is 13.1 Å². The first kappa shape index (κ1) is 13.8. The molecule has 0 aliphatic rings. The van der Waals surface area contributed by atoms with E-state index in [4.69, 9.17) is 0 Å². The van der Waals surface area contributed by atoms with Crippen LogP contribution in [0.15, 0.2) is 29.2 Å². The second kappa shape index (κ2) is 6.43. The Balaban J connectivity index is 3.04. The average Bonchev–Trinajstić information content (AvgIpc) is 2.35. The molecule has 1 aromatic carbocycles. The quantitative estimate of drug-likeness (QED) is 0.658. The van der Waals surface area contributed by atoms with Gasteiger partial charge >= 0.3 is 0 Å². The lowest BCUT2D eigenvalue weighted by molar-refractivity contribution is 0.588. The van der Waals surface area contributed by atoms with Crippen molar-refractivity contribution in [2.24, 2.45) is 0 Å². The standard InChI is InChI=1S/C13H17NO2S/c1-3-4-5-6-9-12-10-7-8-11-13(12)17(15,16)14-2/h7-8,10-11,14H,3-5H2,1-2H3. The normalized spacial score (nSPS) is 10.7. The highest BCUT2D eigenvalue weighted by Crippen LogP contribution is 2.13. The van der Waals surface area contributed by atoms with Crippen LogP contribution in [-0.4, -0.2) is 15.5 Å². The maximum Gasteiger partial charge on any atom is 0.241 e. The van der Waals surface area contributed by atoms with Crippen molar-refractivity contribution in [3.63, 3.8) is 0 Å². The van der Waals surface area contributed by atoms with E-state index >= 15 is 0 Å². The minimum absolute atomic E-state index is 0.242. The molecule has 0 aliphatic carbocycles. The van der Waals surface area contributed by atoms with Gasteiger partial charge in [0.25, 0.3) is 0 Å². The monoisotopic (exact) mass is 251 g/mol. The number of unbranched alkanes of at least 4 members (excludes halogenated alkanes) is 2. The highest BCUT2D eigenvalue weighted by atomic mass is 32.2. The van der Waals surface area contributed by atoms with Crippen LogP contribution in [-0.2, 0) is 10.0 Å². The predicted octanol–water partition coefficient (Wildman–Crippen LogP) is 2.14. The third-order valence-electron chi connectivity index (χ3n) is 2.32. The third-order valence-corrected chi connectivity index (χ3v) is 3.80. The van der Waals surface area contributed by atoms with Gasteiger partial charge in [-0.2, -0.15) is 0 Å². The van der Waals surface area contributed by atoms with E-state index in [0.717, 1.165) is 19.3 Å². The topological polar surface area (TPSA) is 46.2 Å². The lowest BCUT2D eigenvalue weighted by atomic mass is 10.2. The van der Waals surface area contributed by atoms with Crippen molar-refractivity contribution in [3.05, 3.63) is 29.8 Å². The fraction of sp³-hybridized carbons (Fsp3) is 0.385. The molecule has 3 nitrogen and oxygen atoms in total. The Bertz CT molecular complexity index is 524. The molecule has 92 valence electrons. The zero-order valence-corrected chi connectivity index (χ0v) is 11.0. The molecule has 4 heteroatoms. The van der Waals surface area contributed by atoms with Crippen molar-refractivity contribution in [3.8, 4) is 11.8 Å². The second-order valence-corrected chi connectivity index (χ2v) is 5.46. The minimum atomic E-state index is -3.42. The van der Waals surface area contributed by atoms with Crippen LogP contribution in [0, 0.1) is 11.8 Å². The fourth-order valence-corrected chi connectivity index (χ4v) is 2.22. The van der Waals surface area contributed by atoms with Crippen LogP contribution < -0.4 is 4.72 Å². The smallest absolute Gasteiger partial charge is 0.214 e. The van der Waals surface area contributed by atoms with Gasteiger partial charge in [-0.1, -0.05) is 37.3 Å². The van der Waals surface area contributed by atoms with Gasteiger partial charge in [0.15, 0.2) is 0 Å². The number of nitrogens with one attached hydrogen (secondary N) is 1. The fourth-order valence-electron chi connectivity index (χ4n) is 1.34. The molecule has 0 bridgehead atoms. The van der Waals surface area contributed by atoms with Gasteiger partial charge < -0.3 is 0 Å². The number of rotatable bonds is 4. The Morgan fingerprint density at radius 3 is 2.65 bits per heavy atom. The molecule has 1 rings (SSSR count). The summed E-state index contributed by atoms with van der Waals surface area (Å²) in [7, 11) is -2.02. The van der Waals surface area contributed by atoms with Crippen LogP contribution >= 0.6 is 0 Å². The van der Waals surface area contributed by atoms with Crippen molar-refractivity contribution in [1.82, 2.24) is 4.72 Å². The van der Waals surface area contributed by atoms with Crippen molar-refractivity contribution in [2.75, 3.05) is 7.05 Å². The molecule has 0 aliphatic heterocycles. The summed E-state index contributed by atoms with van der Waals surface area (Å²) in [4.78, 5) is 0.242. The maximum atomic E-state index is 11.7.